The number of fused-ring (bicyclic) bond motifs is 3. The van der Waals surface area contributed by atoms with E-state index >= 15 is 0 Å². The number of H-pyrrole nitrogens is 1. The van der Waals surface area contributed by atoms with Crippen LogP contribution in [0.5, 0.6) is 0 Å². The van der Waals surface area contributed by atoms with Crippen molar-refractivity contribution >= 4 is 16.8 Å². The van der Waals surface area contributed by atoms with Crippen LogP contribution in [0.3, 0.4) is 0 Å². The minimum absolute atomic E-state index is 0.0922. The summed E-state index contributed by atoms with van der Waals surface area (Å²) in [6, 6.07) is 6.49. The molecule has 1 aromatic heterocycles. The molecule has 0 saturated heterocycles. The molecule has 1 saturated carbocycles. The molecule has 0 atom stereocenters. The van der Waals surface area contributed by atoms with Crippen LogP contribution in [-0.4, -0.2) is 16.9 Å². The fraction of sp³-hybridized carbons (Fsp3) is 0.500. The van der Waals surface area contributed by atoms with E-state index in [1.54, 1.807) is 0 Å². The third-order valence-corrected chi connectivity index (χ3v) is 5.05. The highest BCUT2D eigenvalue weighted by Crippen LogP contribution is 2.29. The molecule has 2 aromatic rings. The number of hydrogen-bond acceptors (Lipinski definition) is 1. The molecule has 3 heteroatoms. The molecule has 4 rings (SSSR count). The summed E-state index contributed by atoms with van der Waals surface area (Å²) in [7, 11) is 0. The molecule has 21 heavy (non-hydrogen) atoms. The van der Waals surface area contributed by atoms with Gasteiger partial charge in [0.2, 0.25) is 0 Å². The van der Waals surface area contributed by atoms with E-state index in [-0.39, 0.29) is 5.91 Å². The number of hydrogen-bond donors (Lipinski definition) is 2. The second-order valence-electron chi connectivity index (χ2n) is 6.50. The van der Waals surface area contributed by atoms with Gasteiger partial charge in [-0.1, -0.05) is 12.8 Å². The van der Waals surface area contributed by atoms with E-state index in [0.29, 0.717) is 6.04 Å². The van der Waals surface area contributed by atoms with Gasteiger partial charge in [0.25, 0.3) is 5.91 Å². The number of aryl methyl sites for hydroxylation is 2. The molecule has 1 amide bonds. The van der Waals surface area contributed by atoms with E-state index in [9.17, 15) is 4.79 Å². The van der Waals surface area contributed by atoms with Crippen molar-refractivity contribution in [1.82, 2.24) is 10.3 Å². The van der Waals surface area contributed by atoms with Crippen molar-refractivity contribution in [3.05, 3.63) is 35.0 Å². The first-order valence-corrected chi connectivity index (χ1v) is 8.25. The maximum Gasteiger partial charge on any atom is 0.251 e. The fourth-order valence-electron chi connectivity index (χ4n) is 3.89. The normalized spacial score (nSPS) is 18.9. The van der Waals surface area contributed by atoms with Gasteiger partial charge in [0.05, 0.1) is 0 Å². The van der Waals surface area contributed by atoms with Crippen LogP contribution in [0.1, 0.15) is 60.1 Å². The second-order valence-corrected chi connectivity index (χ2v) is 6.50. The topological polar surface area (TPSA) is 44.9 Å². The Morgan fingerprint density at radius 1 is 1.10 bits per heavy atom. The van der Waals surface area contributed by atoms with Crippen molar-refractivity contribution in [2.75, 3.05) is 0 Å². The number of rotatable bonds is 2. The number of aromatic nitrogens is 1. The Labute approximate surface area is 125 Å². The van der Waals surface area contributed by atoms with Crippen LogP contribution >= 0.6 is 0 Å². The van der Waals surface area contributed by atoms with Gasteiger partial charge in [0, 0.05) is 28.2 Å². The van der Waals surface area contributed by atoms with E-state index in [0.717, 1.165) is 31.2 Å². The van der Waals surface area contributed by atoms with Gasteiger partial charge in [-0.25, -0.2) is 0 Å². The molecule has 0 unspecified atom stereocenters. The first kappa shape index (κ1) is 12.9. The van der Waals surface area contributed by atoms with Crippen LogP contribution in [0.4, 0.5) is 0 Å². The van der Waals surface area contributed by atoms with Crippen LogP contribution in [0.25, 0.3) is 10.9 Å². The Kier molecular flexibility index (Phi) is 3.21. The molecule has 3 nitrogen and oxygen atoms in total. The third-order valence-electron chi connectivity index (χ3n) is 5.05. The number of nitrogens with one attached hydrogen (secondary N) is 2. The maximum absolute atomic E-state index is 12.4. The third kappa shape index (κ3) is 2.35. The minimum atomic E-state index is 0.0922. The van der Waals surface area contributed by atoms with E-state index in [1.807, 2.05) is 6.07 Å². The molecular weight excluding hydrogens is 260 g/mol. The lowest BCUT2D eigenvalue weighted by molar-refractivity contribution is 0.0938. The zero-order valence-corrected chi connectivity index (χ0v) is 12.4. The largest absolute Gasteiger partial charge is 0.358 e. The average Bonchev–Trinajstić information content (AvgIpc) is 3.13. The molecule has 2 N–H and O–H groups in total. The summed E-state index contributed by atoms with van der Waals surface area (Å²) in [5.41, 5.74) is 4.80. The molecule has 2 aliphatic carbocycles. The van der Waals surface area contributed by atoms with Gasteiger partial charge in [-0.3, -0.25) is 4.79 Å². The molecule has 2 aliphatic rings. The van der Waals surface area contributed by atoms with Crippen molar-refractivity contribution in [1.29, 1.82) is 0 Å². The number of carbonyl (C=O) groups is 1. The van der Waals surface area contributed by atoms with Crippen molar-refractivity contribution in [2.24, 2.45) is 0 Å². The van der Waals surface area contributed by atoms with Gasteiger partial charge in [0.15, 0.2) is 0 Å². The molecule has 1 fully saturated rings. The van der Waals surface area contributed by atoms with Crippen LogP contribution in [0.2, 0.25) is 0 Å². The lowest BCUT2D eigenvalue weighted by Gasteiger charge is -2.12. The first-order valence-electron chi connectivity index (χ1n) is 8.25. The van der Waals surface area contributed by atoms with Crippen molar-refractivity contribution < 1.29 is 4.79 Å². The molecule has 1 aromatic carbocycles. The Morgan fingerprint density at radius 3 is 2.76 bits per heavy atom. The summed E-state index contributed by atoms with van der Waals surface area (Å²) < 4.78 is 0. The summed E-state index contributed by atoms with van der Waals surface area (Å²) in [4.78, 5) is 15.9. The lowest BCUT2D eigenvalue weighted by Crippen LogP contribution is -2.32. The monoisotopic (exact) mass is 282 g/mol. The van der Waals surface area contributed by atoms with Crippen LogP contribution in [0, 0.1) is 0 Å². The van der Waals surface area contributed by atoms with E-state index < -0.39 is 0 Å². The Balaban J connectivity index is 1.64. The summed E-state index contributed by atoms with van der Waals surface area (Å²) >= 11 is 0. The van der Waals surface area contributed by atoms with Crippen molar-refractivity contribution in [3.63, 3.8) is 0 Å². The zero-order chi connectivity index (χ0) is 14.2. The SMILES string of the molecule is O=C(NC1CCCC1)c1ccc2[nH]c3c(c2c1)CCCC3. The van der Waals surface area contributed by atoms with Gasteiger partial charge in [-0.15, -0.1) is 0 Å². The van der Waals surface area contributed by atoms with Crippen LogP contribution in [-0.2, 0) is 12.8 Å². The van der Waals surface area contributed by atoms with Gasteiger partial charge in [-0.05, 0) is 62.3 Å². The Morgan fingerprint density at radius 2 is 1.90 bits per heavy atom. The van der Waals surface area contributed by atoms with Gasteiger partial charge in [0.1, 0.15) is 0 Å². The molecular formula is C18H22N2O. The quantitative estimate of drug-likeness (QED) is 0.866. The van der Waals surface area contributed by atoms with Crippen LogP contribution in [0.15, 0.2) is 18.2 Å². The summed E-state index contributed by atoms with van der Waals surface area (Å²) in [5.74, 6) is 0.0922. The zero-order valence-electron chi connectivity index (χ0n) is 12.4. The Bertz CT molecular complexity index is 680. The lowest BCUT2D eigenvalue weighted by atomic mass is 9.95. The van der Waals surface area contributed by atoms with E-state index in [2.05, 4.69) is 22.4 Å². The van der Waals surface area contributed by atoms with Gasteiger partial charge >= 0.3 is 0 Å². The minimum Gasteiger partial charge on any atom is -0.358 e. The number of aromatic amines is 1. The van der Waals surface area contributed by atoms with E-state index in [1.165, 1.54) is 47.8 Å². The van der Waals surface area contributed by atoms with Gasteiger partial charge in [-0.2, -0.15) is 0 Å². The Hall–Kier alpha value is -1.77. The average molecular weight is 282 g/mol. The highest BCUT2D eigenvalue weighted by atomic mass is 16.1. The smallest absolute Gasteiger partial charge is 0.251 e. The highest BCUT2D eigenvalue weighted by molar-refractivity contribution is 5.99. The van der Waals surface area contributed by atoms with Crippen LogP contribution < -0.4 is 5.32 Å². The molecule has 0 radical (unpaired) electrons. The predicted octanol–water partition coefficient (Wildman–Crippen LogP) is 3.72. The molecule has 0 aliphatic heterocycles. The van der Waals surface area contributed by atoms with Crippen molar-refractivity contribution in [2.45, 2.75) is 57.4 Å². The summed E-state index contributed by atoms with van der Waals surface area (Å²) in [5, 5.41) is 4.44. The predicted molar refractivity (Wildman–Crippen MR) is 84.7 cm³/mol. The first-order chi connectivity index (χ1) is 10.3. The number of benzene rings is 1. The maximum atomic E-state index is 12.4. The molecule has 0 spiro atoms. The highest BCUT2D eigenvalue weighted by Gasteiger charge is 2.20. The second kappa shape index (κ2) is 5.21. The van der Waals surface area contributed by atoms with E-state index in [4.69, 9.17) is 0 Å². The van der Waals surface area contributed by atoms with Crippen molar-refractivity contribution in [3.8, 4) is 0 Å². The number of carbonyl (C=O) groups excluding carboxylic acids is 1. The van der Waals surface area contributed by atoms with Gasteiger partial charge < -0.3 is 10.3 Å². The summed E-state index contributed by atoms with van der Waals surface area (Å²) in [6.45, 7) is 0. The molecule has 1 heterocycles. The standard InChI is InChI=1S/C18H22N2O/c21-18(19-13-5-1-2-6-13)12-9-10-17-15(11-12)14-7-3-4-8-16(14)20-17/h9-11,13,20H,1-8H2,(H,19,21). The fourth-order valence-corrected chi connectivity index (χ4v) is 3.89. The number of amides is 1. The molecule has 110 valence electrons. The molecule has 0 bridgehead atoms. The summed E-state index contributed by atoms with van der Waals surface area (Å²) in [6.07, 6.45) is 9.58.